The predicted octanol–water partition coefficient (Wildman–Crippen LogP) is 1.18. The summed E-state index contributed by atoms with van der Waals surface area (Å²) in [6, 6.07) is 3.85. The fraction of sp³-hybridized carbons (Fsp3) is 0.250. The van der Waals surface area contributed by atoms with Crippen molar-refractivity contribution in [3.8, 4) is 0 Å². The molecule has 1 atom stereocenters. The quantitative estimate of drug-likeness (QED) is 0.431. The van der Waals surface area contributed by atoms with Crippen molar-refractivity contribution in [2.45, 2.75) is 19.5 Å². The molecule has 0 spiro atoms. The van der Waals surface area contributed by atoms with Crippen molar-refractivity contribution in [1.29, 1.82) is 0 Å². The van der Waals surface area contributed by atoms with Crippen molar-refractivity contribution in [2.24, 2.45) is 5.84 Å². The molecule has 1 heterocycles. The number of aryl methyl sites for hydroxylation is 1. The van der Waals surface area contributed by atoms with Gasteiger partial charge in [0.1, 0.15) is 5.82 Å². The second kappa shape index (κ2) is 5.16. The average Bonchev–Trinajstić information content (AvgIpc) is 2.83. The maximum Gasteiger partial charge on any atom is 0.123 e. The molecule has 5 nitrogen and oxygen atoms in total. The summed E-state index contributed by atoms with van der Waals surface area (Å²) >= 11 is 0. The molecule has 6 heteroatoms. The van der Waals surface area contributed by atoms with Crippen molar-refractivity contribution in [3.05, 3.63) is 47.5 Å². The smallest absolute Gasteiger partial charge is 0.123 e. The highest BCUT2D eigenvalue weighted by molar-refractivity contribution is 5.51. The molecule has 5 N–H and O–H groups in total. The van der Waals surface area contributed by atoms with Gasteiger partial charge in [0, 0.05) is 29.6 Å². The fourth-order valence-electron chi connectivity index (χ4n) is 1.86. The lowest BCUT2D eigenvalue weighted by atomic mass is 10.0. The molecule has 0 aliphatic heterocycles. The van der Waals surface area contributed by atoms with Gasteiger partial charge in [0.25, 0.3) is 0 Å². The van der Waals surface area contributed by atoms with Crippen LogP contribution in [0.15, 0.2) is 30.6 Å². The minimum Gasteiger partial charge on any atom is -0.398 e. The van der Waals surface area contributed by atoms with Gasteiger partial charge in [-0.2, -0.15) is 5.10 Å². The van der Waals surface area contributed by atoms with Gasteiger partial charge in [0.2, 0.25) is 0 Å². The Hall–Kier alpha value is -1.92. The molecular weight excluding hydrogens is 233 g/mol. The predicted molar refractivity (Wildman–Crippen MR) is 67.9 cm³/mol. The van der Waals surface area contributed by atoms with Gasteiger partial charge in [-0.1, -0.05) is 0 Å². The molecule has 0 aliphatic carbocycles. The van der Waals surface area contributed by atoms with Crippen molar-refractivity contribution in [3.63, 3.8) is 0 Å². The highest BCUT2D eigenvalue weighted by atomic mass is 19.1. The van der Waals surface area contributed by atoms with Crippen LogP contribution in [0.2, 0.25) is 0 Å². The Bertz CT molecular complexity index is 537. The zero-order chi connectivity index (χ0) is 13.1. The molecule has 0 radical (unpaired) electrons. The van der Waals surface area contributed by atoms with E-state index in [1.54, 1.807) is 10.9 Å². The lowest BCUT2D eigenvalue weighted by molar-refractivity contribution is 0.605. The van der Waals surface area contributed by atoms with Crippen LogP contribution in [-0.2, 0) is 6.54 Å². The van der Waals surface area contributed by atoms with Crippen LogP contribution in [0.1, 0.15) is 24.1 Å². The van der Waals surface area contributed by atoms with E-state index in [0.717, 1.165) is 12.1 Å². The number of nitrogens with two attached hydrogens (primary N) is 2. The number of rotatable bonds is 4. The Kier molecular flexibility index (Phi) is 3.59. The second-order valence-electron chi connectivity index (χ2n) is 4.00. The van der Waals surface area contributed by atoms with E-state index in [1.807, 2.05) is 13.1 Å². The van der Waals surface area contributed by atoms with Crippen LogP contribution in [0.25, 0.3) is 0 Å². The third kappa shape index (κ3) is 2.34. The third-order valence-corrected chi connectivity index (χ3v) is 2.84. The number of aromatic nitrogens is 2. The molecule has 2 aromatic rings. The van der Waals surface area contributed by atoms with Crippen molar-refractivity contribution < 1.29 is 4.39 Å². The Labute approximate surface area is 105 Å². The zero-order valence-corrected chi connectivity index (χ0v) is 10.1. The minimum atomic E-state index is -0.374. The fourth-order valence-corrected chi connectivity index (χ4v) is 1.86. The van der Waals surface area contributed by atoms with Crippen LogP contribution in [0.3, 0.4) is 0 Å². The molecule has 1 aromatic carbocycles. The Morgan fingerprint density at radius 3 is 2.89 bits per heavy atom. The summed E-state index contributed by atoms with van der Waals surface area (Å²) in [6.07, 6.45) is 3.55. The van der Waals surface area contributed by atoms with Gasteiger partial charge in [-0.15, -0.1) is 0 Å². The van der Waals surface area contributed by atoms with Crippen molar-refractivity contribution in [1.82, 2.24) is 15.2 Å². The highest BCUT2D eigenvalue weighted by Gasteiger charge is 2.17. The summed E-state index contributed by atoms with van der Waals surface area (Å²) < 4.78 is 15.1. The standard InChI is InChI=1S/C12H16FN5/c1-2-18-7-8(6-16-18)12(17-15)10-5-9(13)3-4-11(10)14/h3-7,12,17H,2,14-15H2,1H3. The summed E-state index contributed by atoms with van der Waals surface area (Å²) in [4.78, 5) is 0. The van der Waals surface area contributed by atoms with E-state index in [9.17, 15) is 4.39 Å². The maximum absolute atomic E-state index is 13.3. The molecule has 0 saturated heterocycles. The molecule has 0 fully saturated rings. The van der Waals surface area contributed by atoms with Crippen LogP contribution < -0.4 is 17.0 Å². The van der Waals surface area contributed by atoms with Crippen molar-refractivity contribution in [2.75, 3.05) is 5.73 Å². The maximum atomic E-state index is 13.3. The molecule has 96 valence electrons. The lowest BCUT2D eigenvalue weighted by Crippen LogP contribution is -2.29. The summed E-state index contributed by atoms with van der Waals surface area (Å²) in [7, 11) is 0. The van der Waals surface area contributed by atoms with E-state index >= 15 is 0 Å². The number of benzene rings is 1. The summed E-state index contributed by atoms with van der Waals surface area (Å²) in [6.45, 7) is 2.74. The Balaban J connectivity index is 2.41. The first-order valence-corrected chi connectivity index (χ1v) is 5.69. The highest BCUT2D eigenvalue weighted by Crippen LogP contribution is 2.26. The van der Waals surface area contributed by atoms with Gasteiger partial charge < -0.3 is 5.73 Å². The minimum absolute atomic E-state index is 0.345. The Morgan fingerprint density at radius 2 is 2.28 bits per heavy atom. The first-order chi connectivity index (χ1) is 8.65. The van der Waals surface area contributed by atoms with E-state index in [-0.39, 0.29) is 11.9 Å². The molecule has 0 aliphatic rings. The number of hydrogen-bond acceptors (Lipinski definition) is 4. The zero-order valence-electron chi connectivity index (χ0n) is 10.1. The van der Waals surface area contributed by atoms with Gasteiger partial charge in [-0.3, -0.25) is 10.5 Å². The number of nitrogens with one attached hydrogen (secondary N) is 1. The van der Waals surface area contributed by atoms with Gasteiger partial charge in [0.15, 0.2) is 0 Å². The Morgan fingerprint density at radius 1 is 1.50 bits per heavy atom. The number of nitrogen functional groups attached to an aromatic ring is 1. The topological polar surface area (TPSA) is 81.9 Å². The molecule has 0 bridgehead atoms. The molecular formula is C12H16FN5. The molecule has 1 unspecified atom stereocenters. The SMILES string of the molecule is CCn1cc(C(NN)c2cc(F)ccc2N)cn1. The van der Waals surface area contributed by atoms with E-state index in [0.29, 0.717) is 11.3 Å². The first-order valence-electron chi connectivity index (χ1n) is 5.69. The van der Waals surface area contributed by atoms with Gasteiger partial charge in [-0.05, 0) is 25.1 Å². The molecule has 0 saturated carbocycles. The number of hydrazine groups is 1. The molecule has 2 rings (SSSR count). The van der Waals surface area contributed by atoms with Gasteiger partial charge in [-0.25, -0.2) is 9.82 Å². The van der Waals surface area contributed by atoms with Crippen LogP contribution in [0.5, 0.6) is 0 Å². The first kappa shape index (κ1) is 12.5. The number of nitrogens with zero attached hydrogens (tertiary/aromatic N) is 2. The van der Waals surface area contributed by atoms with Crippen LogP contribution >= 0.6 is 0 Å². The van der Waals surface area contributed by atoms with E-state index < -0.39 is 0 Å². The number of hydrogen-bond donors (Lipinski definition) is 3. The third-order valence-electron chi connectivity index (χ3n) is 2.84. The number of anilines is 1. The molecule has 18 heavy (non-hydrogen) atoms. The van der Waals surface area contributed by atoms with Crippen LogP contribution in [0, 0.1) is 5.82 Å². The van der Waals surface area contributed by atoms with E-state index in [1.165, 1.54) is 18.2 Å². The van der Waals surface area contributed by atoms with Crippen LogP contribution in [-0.4, -0.2) is 9.78 Å². The monoisotopic (exact) mass is 249 g/mol. The second-order valence-corrected chi connectivity index (χ2v) is 4.00. The molecule has 1 aromatic heterocycles. The van der Waals surface area contributed by atoms with Crippen LogP contribution in [0.4, 0.5) is 10.1 Å². The normalized spacial score (nSPS) is 12.6. The largest absolute Gasteiger partial charge is 0.398 e. The van der Waals surface area contributed by atoms with Gasteiger partial charge >= 0.3 is 0 Å². The van der Waals surface area contributed by atoms with E-state index in [4.69, 9.17) is 11.6 Å². The van der Waals surface area contributed by atoms with Gasteiger partial charge in [0.05, 0.1) is 12.2 Å². The molecule has 0 amide bonds. The summed E-state index contributed by atoms with van der Waals surface area (Å²) in [5, 5.41) is 4.17. The average molecular weight is 249 g/mol. The lowest BCUT2D eigenvalue weighted by Gasteiger charge is -2.16. The van der Waals surface area contributed by atoms with E-state index in [2.05, 4.69) is 10.5 Å². The summed E-state index contributed by atoms with van der Waals surface area (Å²) in [5.41, 5.74) is 10.4. The summed E-state index contributed by atoms with van der Waals surface area (Å²) in [5.74, 6) is 5.20. The van der Waals surface area contributed by atoms with Crippen molar-refractivity contribution >= 4 is 5.69 Å². The number of halogens is 1.